The van der Waals surface area contributed by atoms with Gasteiger partial charge >= 0.3 is 0 Å². The van der Waals surface area contributed by atoms with Crippen molar-refractivity contribution >= 4 is 17.3 Å². The zero-order valence-corrected chi connectivity index (χ0v) is 11.8. The summed E-state index contributed by atoms with van der Waals surface area (Å²) in [6.45, 7) is 3.90. The molecule has 0 saturated carbocycles. The highest BCUT2D eigenvalue weighted by Gasteiger charge is 2.06. The Hall–Kier alpha value is -2.36. The van der Waals surface area contributed by atoms with Gasteiger partial charge in [0.1, 0.15) is 0 Å². The summed E-state index contributed by atoms with van der Waals surface area (Å²) in [5, 5.41) is 6.20. The molecule has 0 fully saturated rings. The van der Waals surface area contributed by atoms with Crippen LogP contribution in [0.25, 0.3) is 0 Å². The first-order valence-electron chi connectivity index (χ1n) is 6.76. The quantitative estimate of drug-likeness (QED) is 0.872. The molecule has 1 atom stereocenters. The van der Waals surface area contributed by atoms with E-state index in [1.165, 1.54) is 0 Å². The molecule has 0 aliphatic heterocycles. The third-order valence-electron chi connectivity index (χ3n) is 3.00. The van der Waals surface area contributed by atoms with Crippen LogP contribution in [0.15, 0.2) is 48.7 Å². The third kappa shape index (κ3) is 3.82. The van der Waals surface area contributed by atoms with Gasteiger partial charge in [-0.15, -0.1) is 0 Å². The molecule has 0 aliphatic carbocycles. The Morgan fingerprint density at radius 3 is 2.45 bits per heavy atom. The van der Waals surface area contributed by atoms with Crippen LogP contribution in [0, 0.1) is 0 Å². The van der Waals surface area contributed by atoms with E-state index in [1.807, 2.05) is 49.4 Å². The van der Waals surface area contributed by atoms with Gasteiger partial charge in [-0.05, 0) is 43.3 Å². The van der Waals surface area contributed by atoms with Gasteiger partial charge in [-0.25, -0.2) is 0 Å². The first-order valence-corrected chi connectivity index (χ1v) is 6.76. The van der Waals surface area contributed by atoms with Crippen molar-refractivity contribution in [2.75, 3.05) is 10.6 Å². The molecule has 104 valence electrons. The number of hydrogen-bond donors (Lipinski definition) is 2. The summed E-state index contributed by atoms with van der Waals surface area (Å²) in [6.07, 6.45) is 2.27. The van der Waals surface area contributed by atoms with Gasteiger partial charge in [-0.2, -0.15) is 0 Å². The Morgan fingerprint density at radius 1 is 1.15 bits per heavy atom. The fourth-order valence-electron chi connectivity index (χ4n) is 1.86. The summed E-state index contributed by atoms with van der Waals surface area (Å²) in [5.74, 6) is 0.0209. The highest BCUT2D eigenvalue weighted by Crippen LogP contribution is 2.19. The van der Waals surface area contributed by atoms with Gasteiger partial charge < -0.3 is 10.6 Å². The van der Waals surface area contributed by atoms with Crippen LogP contribution in [0.1, 0.15) is 32.0 Å². The van der Waals surface area contributed by atoms with Gasteiger partial charge in [0.15, 0.2) is 0 Å². The molecule has 2 N–H and O–H groups in total. The van der Waals surface area contributed by atoms with Crippen LogP contribution in [-0.2, 0) is 4.79 Å². The topological polar surface area (TPSA) is 54.0 Å². The number of anilines is 2. The molecule has 0 aliphatic rings. The minimum atomic E-state index is 0.0209. The van der Waals surface area contributed by atoms with Gasteiger partial charge in [0.25, 0.3) is 0 Å². The number of carbonyl (C=O) groups is 1. The number of benzene rings is 1. The highest BCUT2D eigenvalue weighted by atomic mass is 16.1. The molecular weight excluding hydrogens is 250 g/mol. The lowest BCUT2D eigenvalue weighted by atomic mass is 10.2. The zero-order valence-electron chi connectivity index (χ0n) is 11.8. The van der Waals surface area contributed by atoms with Crippen LogP contribution in [0.5, 0.6) is 0 Å². The van der Waals surface area contributed by atoms with E-state index in [2.05, 4.69) is 22.5 Å². The molecule has 2 rings (SSSR count). The van der Waals surface area contributed by atoms with Crippen LogP contribution >= 0.6 is 0 Å². The van der Waals surface area contributed by atoms with Crippen molar-refractivity contribution in [1.29, 1.82) is 0 Å². The second kappa shape index (κ2) is 6.70. The third-order valence-corrected chi connectivity index (χ3v) is 3.00. The molecule has 4 heteroatoms. The number of amides is 1. The van der Waals surface area contributed by atoms with E-state index in [0.29, 0.717) is 6.42 Å². The lowest BCUT2D eigenvalue weighted by Crippen LogP contribution is -2.10. The first kappa shape index (κ1) is 14.1. The molecule has 0 spiro atoms. The smallest absolute Gasteiger partial charge is 0.224 e. The van der Waals surface area contributed by atoms with Gasteiger partial charge in [-0.3, -0.25) is 9.78 Å². The second-order valence-electron chi connectivity index (χ2n) is 4.60. The maximum Gasteiger partial charge on any atom is 0.224 e. The van der Waals surface area contributed by atoms with E-state index in [0.717, 1.165) is 17.1 Å². The lowest BCUT2D eigenvalue weighted by molar-refractivity contribution is -0.115. The normalized spacial score (nSPS) is 11.7. The van der Waals surface area contributed by atoms with Crippen molar-refractivity contribution < 1.29 is 4.79 Å². The Bertz CT molecular complexity index is 552. The summed E-state index contributed by atoms with van der Waals surface area (Å²) in [5.41, 5.74) is 2.81. The van der Waals surface area contributed by atoms with Crippen LogP contribution in [0.4, 0.5) is 11.4 Å². The van der Waals surface area contributed by atoms with Gasteiger partial charge in [0.2, 0.25) is 5.91 Å². The molecular formula is C16H19N3O. The minimum Gasteiger partial charge on any atom is -0.377 e. The van der Waals surface area contributed by atoms with E-state index >= 15 is 0 Å². The van der Waals surface area contributed by atoms with E-state index < -0.39 is 0 Å². The molecule has 0 radical (unpaired) electrons. The number of pyridine rings is 1. The average molecular weight is 269 g/mol. The van der Waals surface area contributed by atoms with Crippen molar-refractivity contribution in [3.8, 4) is 0 Å². The van der Waals surface area contributed by atoms with Crippen LogP contribution in [0.2, 0.25) is 0 Å². The number of nitrogens with one attached hydrogen (secondary N) is 2. The molecule has 1 amide bonds. The molecule has 1 aromatic carbocycles. The fourth-order valence-corrected chi connectivity index (χ4v) is 1.86. The number of nitrogens with zero attached hydrogens (tertiary/aromatic N) is 1. The monoisotopic (exact) mass is 269 g/mol. The predicted octanol–water partition coefficient (Wildman–Crippen LogP) is 3.60. The maximum absolute atomic E-state index is 11.3. The van der Waals surface area contributed by atoms with Crippen molar-refractivity contribution in [3.05, 3.63) is 54.4 Å². The van der Waals surface area contributed by atoms with Crippen LogP contribution in [-0.4, -0.2) is 10.9 Å². The van der Waals surface area contributed by atoms with Crippen molar-refractivity contribution in [2.45, 2.75) is 26.3 Å². The van der Waals surface area contributed by atoms with Crippen molar-refractivity contribution in [3.63, 3.8) is 0 Å². The number of carbonyl (C=O) groups excluding carboxylic acids is 1. The van der Waals surface area contributed by atoms with E-state index in [1.54, 1.807) is 6.20 Å². The minimum absolute atomic E-state index is 0.0209. The summed E-state index contributed by atoms with van der Waals surface area (Å²) in [6, 6.07) is 13.7. The van der Waals surface area contributed by atoms with Gasteiger partial charge in [0, 0.05) is 24.0 Å². The highest BCUT2D eigenvalue weighted by molar-refractivity contribution is 5.90. The van der Waals surface area contributed by atoms with Crippen molar-refractivity contribution in [1.82, 2.24) is 4.98 Å². The van der Waals surface area contributed by atoms with Gasteiger partial charge in [0.05, 0.1) is 11.7 Å². The Morgan fingerprint density at radius 2 is 1.85 bits per heavy atom. The summed E-state index contributed by atoms with van der Waals surface area (Å²) in [7, 11) is 0. The molecule has 4 nitrogen and oxygen atoms in total. The maximum atomic E-state index is 11.3. The second-order valence-corrected chi connectivity index (χ2v) is 4.60. The average Bonchev–Trinajstić information content (AvgIpc) is 2.50. The molecule has 2 aromatic rings. The first-order chi connectivity index (χ1) is 9.69. The standard InChI is InChI=1S/C16H19N3O/c1-3-16(20)19-14-9-7-13(8-10-14)18-12(2)15-6-4-5-11-17-15/h4-12,18H,3H2,1-2H3,(H,19,20). The lowest BCUT2D eigenvalue weighted by Gasteiger charge is -2.15. The van der Waals surface area contributed by atoms with Crippen molar-refractivity contribution in [2.24, 2.45) is 0 Å². The number of rotatable bonds is 5. The molecule has 1 heterocycles. The van der Waals surface area contributed by atoms with Gasteiger partial charge in [-0.1, -0.05) is 13.0 Å². The fraction of sp³-hybridized carbons (Fsp3) is 0.250. The number of hydrogen-bond acceptors (Lipinski definition) is 3. The molecule has 0 saturated heterocycles. The van der Waals surface area contributed by atoms with Crippen LogP contribution in [0.3, 0.4) is 0 Å². The molecule has 0 bridgehead atoms. The summed E-state index contributed by atoms with van der Waals surface area (Å²) in [4.78, 5) is 15.6. The largest absolute Gasteiger partial charge is 0.377 e. The number of aromatic nitrogens is 1. The van der Waals surface area contributed by atoms with E-state index in [9.17, 15) is 4.79 Å². The van der Waals surface area contributed by atoms with E-state index in [-0.39, 0.29) is 11.9 Å². The van der Waals surface area contributed by atoms with E-state index in [4.69, 9.17) is 0 Å². The molecule has 1 aromatic heterocycles. The molecule has 20 heavy (non-hydrogen) atoms. The Kier molecular flexibility index (Phi) is 4.71. The SMILES string of the molecule is CCC(=O)Nc1ccc(NC(C)c2ccccn2)cc1. The molecule has 1 unspecified atom stereocenters. The Labute approximate surface area is 119 Å². The predicted molar refractivity (Wildman–Crippen MR) is 81.6 cm³/mol. The summed E-state index contributed by atoms with van der Waals surface area (Å²) < 4.78 is 0. The zero-order chi connectivity index (χ0) is 14.4. The van der Waals surface area contributed by atoms with Crippen LogP contribution < -0.4 is 10.6 Å². The Balaban J connectivity index is 1.98. The summed E-state index contributed by atoms with van der Waals surface area (Å²) >= 11 is 0.